The number of rotatable bonds is 4. The van der Waals surface area contributed by atoms with Crippen LogP contribution in [0.4, 0.5) is 4.39 Å². The monoisotopic (exact) mass is 271 g/mol. The van der Waals surface area contributed by atoms with Crippen molar-refractivity contribution in [3.63, 3.8) is 0 Å². The van der Waals surface area contributed by atoms with Crippen molar-refractivity contribution in [3.8, 4) is 0 Å². The molecule has 3 nitrogen and oxygen atoms in total. The molecule has 90 valence electrons. The van der Waals surface area contributed by atoms with E-state index >= 15 is 0 Å². The average Bonchev–Trinajstić information content (AvgIpc) is 2.82. The second-order valence-electron chi connectivity index (χ2n) is 3.35. The third-order valence-corrected chi connectivity index (χ3v) is 4.97. The van der Waals surface area contributed by atoms with Crippen LogP contribution in [0.25, 0.3) is 0 Å². The van der Waals surface area contributed by atoms with Gasteiger partial charge >= 0.3 is 0 Å². The Balaban J connectivity index is 2.12. The van der Waals surface area contributed by atoms with Gasteiger partial charge in [0.2, 0.25) is 10.0 Å². The highest BCUT2D eigenvalue weighted by molar-refractivity contribution is 7.91. The number of sulfonamides is 1. The van der Waals surface area contributed by atoms with Crippen LogP contribution in [0.1, 0.15) is 5.56 Å². The first-order valence-electron chi connectivity index (χ1n) is 4.86. The molecule has 0 unspecified atom stereocenters. The molecule has 0 spiro atoms. The van der Waals surface area contributed by atoms with Crippen LogP contribution in [-0.2, 0) is 16.6 Å². The summed E-state index contributed by atoms with van der Waals surface area (Å²) in [5, 5.41) is 1.68. The van der Waals surface area contributed by atoms with Crippen LogP contribution < -0.4 is 4.72 Å². The van der Waals surface area contributed by atoms with Crippen LogP contribution >= 0.6 is 11.3 Å². The van der Waals surface area contributed by atoms with Crippen molar-refractivity contribution in [3.05, 3.63) is 53.2 Å². The summed E-state index contributed by atoms with van der Waals surface area (Å²) >= 11 is 1.12. The van der Waals surface area contributed by atoms with Gasteiger partial charge in [0.15, 0.2) is 0 Å². The summed E-state index contributed by atoms with van der Waals surface area (Å²) in [4.78, 5) is 0. The molecule has 0 aliphatic carbocycles. The SMILES string of the molecule is O=S(=O)(NCc1ccccc1F)c1cccs1. The number of hydrogen-bond donors (Lipinski definition) is 1. The van der Waals surface area contributed by atoms with Gasteiger partial charge in [0.25, 0.3) is 0 Å². The van der Waals surface area contributed by atoms with E-state index < -0.39 is 15.8 Å². The molecule has 1 heterocycles. The van der Waals surface area contributed by atoms with Crippen LogP contribution in [-0.4, -0.2) is 8.42 Å². The molecule has 0 radical (unpaired) electrons. The van der Waals surface area contributed by atoms with E-state index in [1.165, 1.54) is 12.1 Å². The lowest BCUT2D eigenvalue weighted by molar-refractivity contribution is 0.576. The zero-order valence-corrected chi connectivity index (χ0v) is 10.4. The Morgan fingerprint density at radius 3 is 2.59 bits per heavy atom. The number of halogens is 1. The van der Waals surface area contributed by atoms with Crippen molar-refractivity contribution in [2.45, 2.75) is 10.8 Å². The van der Waals surface area contributed by atoms with E-state index in [0.29, 0.717) is 5.56 Å². The number of benzene rings is 1. The highest BCUT2D eigenvalue weighted by Gasteiger charge is 2.15. The molecule has 1 aromatic heterocycles. The molecule has 1 N–H and O–H groups in total. The predicted molar refractivity (Wildman–Crippen MR) is 64.7 cm³/mol. The quantitative estimate of drug-likeness (QED) is 0.928. The minimum atomic E-state index is -3.53. The molecule has 0 saturated heterocycles. The summed E-state index contributed by atoms with van der Waals surface area (Å²) < 4.78 is 39.4. The molecule has 0 fully saturated rings. The second kappa shape index (κ2) is 4.95. The topological polar surface area (TPSA) is 46.2 Å². The van der Waals surface area contributed by atoms with E-state index in [9.17, 15) is 12.8 Å². The van der Waals surface area contributed by atoms with Crippen LogP contribution in [0.2, 0.25) is 0 Å². The van der Waals surface area contributed by atoms with E-state index in [4.69, 9.17) is 0 Å². The Kier molecular flexibility index (Phi) is 3.56. The van der Waals surface area contributed by atoms with E-state index in [-0.39, 0.29) is 10.8 Å². The third kappa shape index (κ3) is 2.91. The Morgan fingerprint density at radius 2 is 1.94 bits per heavy atom. The third-order valence-electron chi connectivity index (χ3n) is 2.17. The van der Waals surface area contributed by atoms with Gasteiger partial charge in [-0.05, 0) is 17.5 Å². The largest absolute Gasteiger partial charge is 0.250 e. The molecule has 2 rings (SSSR count). The Bertz CT molecular complexity index is 594. The first kappa shape index (κ1) is 12.2. The molecule has 0 amide bonds. The van der Waals surface area contributed by atoms with Gasteiger partial charge in [0, 0.05) is 12.1 Å². The first-order valence-corrected chi connectivity index (χ1v) is 7.22. The van der Waals surface area contributed by atoms with Crippen LogP contribution in [0.5, 0.6) is 0 Å². The smallest absolute Gasteiger partial charge is 0.207 e. The van der Waals surface area contributed by atoms with Gasteiger partial charge in [0.1, 0.15) is 10.0 Å². The standard InChI is InChI=1S/C11H10FNO2S2/c12-10-5-2-1-4-9(10)8-13-17(14,15)11-6-3-7-16-11/h1-7,13H,8H2. The fourth-order valence-corrected chi connectivity index (χ4v) is 3.35. The summed E-state index contributed by atoms with van der Waals surface area (Å²) in [6.45, 7) is -0.0487. The van der Waals surface area contributed by atoms with Gasteiger partial charge in [-0.1, -0.05) is 24.3 Å². The summed E-state index contributed by atoms with van der Waals surface area (Å²) in [5.41, 5.74) is 0.327. The maximum absolute atomic E-state index is 13.3. The molecule has 0 bridgehead atoms. The molecule has 17 heavy (non-hydrogen) atoms. The van der Waals surface area contributed by atoms with E-state index in [1.54, 1.807) is 29.6 Å². The van der Waals surface area contributed by atoms with Gasteiger partial charge in [-0.3, -0.25) is 0 Å². The molecule has 0 saturated carbocycles. The molecule has 2 aromatic rings. The van der Waals surface area contributed by atoms with Gasteiger partial charge < -0.3 is 0 Å². The highest BCUT2D eigenvalue weighted by Crippen LogP contribution is 2.16. The molecule has 1 aromatic carbocycles. The lowest BCUT2D eigenvalue weighted by atomic mass is 10.2. The lowest BCUT2D eigenvalue weighted by Crippen LogP contribution is -2.22. The van der Waals surface area contributed by atoms with Crippen molar-refractivity contribution in [1.29, 1.82) is 0 Å². The van der Waals surface area contributed by atoms with Crippen molar-refractivity contribution in [2.75, 3.05) is 0 Å². The van der Waals surface area contributed by atoms with E-state index in [0.717, 1.165) is 11.3 Å². The van der Waals surface area contributed by atoms with Crippen LogP contribution in [0.15, 0.2) is 46.0 Å². The number of thiophene rings is 1. The molecule has 0 aliphatic heterocycles. The van der Waals surface area contributed by atoms with Gasteiger partial charge in [-0.25, -0.2) is 17.5 Å². The summed E-state index contributed by atoms with van der Waals surface area (Å²) in [5.74, 6) is -0.415. The van der Waals surface area contributed by atoms with Crippen molar-refractivity contribution in [1.82, 2.24) is 4.72 Å². The van der Waals surface area contributed by atoms with Crippen LogP contribution in [0, 0.1) is 5.82 Å². The molecule has 0 aliphatic rings. The average molecular weight is 271 g/mol. The summed E-state index contributed by atoms with van der Waals surface area (Å²) in [6.07, 6.45) is 0. The maximum Gasteiger partial charge on any atom is 0.250 e. The van der Waals surface area contributed by atoms with Crippen LogP contribution in [0.3, 0.4) is 0 Å². The van der Waals surface area contributed by atoms with Gasteiger partial charge in [0.05, 0.1) is 0 Å². The van der Waals surface area contributed by atoms with Crippen molar-refractivity contribution < 1.29 is 12.8 Å². The first-order chi connectivity index (χ1) is 8.09. The Morgan fingerprint density at radius 1 is 1.18 bits per heavy atom. The normalized spacial score (nSPS) is 11.6. The van der Waals surface area contributed by atoms with E-state index in [1.807, 2.05) is 0 Å². The Hall–Kier alpha value is -1.24. The van der Waals surface area contributed by atoms with E-state index in [2.05, 4.69) is 4.72 Å². The molecule has 0 atom stereocenters. The summed E-state index contributed by atoms with van der Waals surface area (Å²) in [7, 11) is -3.53. The fraction of sp³-hybridized carbons (Fsp3) is 0.0909. The van der Waals surface area contributed by atoms with Gasteiger partial charge in [-0.2, -0.15) is 0 Å². The zero-order valence-electron chi connectivity index (χ0n) is 8.76. The maximum atomic E-state index is 13.3. The zero-order chi connectivity index (χ0) is 12.3. The minimum Gasteiger partial charge on any atom is -0.207 e. The second-order valence-corrected chi connectivity index (χ2v) is 6.29. The number of hydrogen-bond acceptors (Lipinski definition) is 3. The minimum absolute atomic E-state index is 0.0487. The van der Waals surface area contributed by atoms with Crippen molar-refractivity contribution in [2.24, 2.45) is 0 Å². The Labute approximate surface area is 103 Å². The van der Waals surface area contributed by atoms with Crippen molar-refractivity contribution >= 4 is 21.4 Å². The summed E-state index contributed by atoms with van der Waals surface area (Å²) in [6, 6.07) is 9.24. The predicted octanol–water partition coefficient (Wildman–Crippen LogP) is 2.37. The van der Waals surface area contributed by atoms with Gasteiger partial charge in [-0.15, -0.1) is 11.3 Å². The number of nitrogens with one attached hydrogen (secondary N) is 1. The molecular formula is C11H10FNO2S2. The fourth-order valence-electron chi connectivity index (χ4n) is 1.30. The lowest BCUT2D eigenvalue weighted by Gasteiger charge is -2.05. The molecule has 6 heteroatoms. The highest BCUT2D eigenvalue weighted by atomic mass is 32.2. The molecular weight excluding hydrogens is 261 g/mol.